The van der Waals surface area contributed by atoms with Crippen molar-refractivity contribution in [1.29, 1.82) is 0 Å². The summed E-state index contributed by atoms with van der Waals surface area (Å²) >= 11 is 0. The molecule has 2 atom stereocenters. The summed E-state index contributed by atoms with van der Waals surface area (Å²) in [4.78, 5) is 10.8. The fraction of sp³-hybridized carbons (Fsp3) is 0.900. The van der Waals surface area contributed by atoms with Gasteiger partial charge in [-0.05, 0) is 23.7 Å². The quantitative estimate of drug-likeness (QED) is 0.701. The molecule has 0 amide bonds. The molecule has 2 saturated carbocycles. The van der Waals surface area contributed by atoms with Crippen LogP contribution in [-0.4, -0.2) is 11.1 Å². The van der Waals surface area contributed by atoms with E-state index in [2.05, 4.69) is 13.8 Å². The molecule has 2 fully saturated rings. The Hall–Kier alpha value is -0.530. The van der Waals surface area contributed by atoms with Crippen LogP contribution in [-0.2, 0) is 4.79 Å². The summed E-state index contributed by atoms with van der Waals surface area (Å²) in [6.07, 6.45) is 3.82. The van der Waals surface area contributed by atoms with E-state index < -0.39 is 5.97 Å². The summed E-state index contributed by atoms with van der Waals surface area (Å²) in [5.41, 5.74) is 0.0778. The highest BCUT2D eigenvalue weighted by Gasteiger charge is 2.62. The van der Waals surface area contributed by atoms with Gasteiger partial charge in [-0.2, -0.15) is 0 Å². The molecule has 68 valence electrons. The van der Waals surface area contributed by atoms with Crippen LogP contribution in [0.3, 0.4) is 0 Å². The molecular weight excluding hydrogens is 152 g/mol. The Morgan fingerprint density at radius 3 is 2.42 bits per heavy atom. The molecule has 2 heteroatoms. The van der Waals surface area contributed by atoms with Crippen molar-refractivity contribution in [3.05, 3.63) is 0 Å². The number of hydrogen-bond acceptors (Lipinski definition) is 1. The molecule has 0 radical (unpaired) electrons. The molecule has 0 aromatic carbocycles. The Labute approximate surface area is 73.0 Å². The Bertz CT molecular complexity index is 216. The Balaban J connectivity index is 1.94. The highest BCUT2D eigenvalue weighted by Crippen LogP contribution is 2.62. The smallest absolute Gasteiger partial charge is 0.307 e. The van der Waals surface area contributed by atoms with Gasteiger partial charge in [0.1, 0.15) is 0 Å². The zero-order valence-electron chi connectivity index (χ0n) is 7.71. The normalized spacial score (nSPS) is 37.8. The lowest BCUT2D eigenvalue weighted by Crippen LogP contribution is -2.03. The van der Waals surface area contributed by atoms with Crippen molar-refractivity contribution < 1.29 is 9.90 Å². The van der Waals surface area contributed by atoms with Gasteiger partial charge in [-0.3, -0.25) is 4.79 Å². The largest absolute Gasteiger partial charge is 0.481 e. The maximum atomic E-state index is 10.8. The van der Waals surface area contributed by atoms with Gasteiger partial charge in [0.05, 0.1) is 5.92 Å². The molecule has 0 heterocycles. The lowest BCUT2D eigenvalue weighted by Gasteiger charge is -1.99. The number of carboxylic acid groups (broad SMARTS) is 1. The molecule has 0 aromatic heterocycles. The first-order valence-corrected chi connectivity index (χ1v) is 4.76. The molecule has 0 bridgehead atoms. The van der Waals surface area contributed by atoms with Gasteiger partial charge in [0.25, 0.3) is 0 Å². The van der Waals surface area contributed by atoms with E-state index in [4.69, 9.17) is 5.11 Å². The number of aliphatic carboxylic acids is 1. The monoisotopic (exact) mass is 168 g/mol. The standard InChI is InChI=1S/C10H16O2/c1-10(2)7(5-6-3-4-6)8(10)9(11)12/h6-8H,3-5H2,1-2H3,(H,11,12)/t7-,8+/m0/s1. The highest BCUT2D eigenvalue weighted by molar-refractivity contribution is 5.75. The fourth-order valence-corrected chi connectivity index (χ4v) is 2.39. The molecule has 0 saturated heterocycles. The van der Waals surface area contributed by atoms with Crippen molar-refractivity contribution >= 4 is 5.97 Å². The molecule has 2 aliphatic rings. The van der Waals surface area contributed by atoms with Crippen LogP contribution in [0.1, 0.15) is 33.1 Å². The second-order valence-electron chi connectivity index (χ2n) is 4.92. The first kappa shape index (κ1) is 8.09. The maximum Gasteiger partial charge on any atom is 0.307 e. The predicted octanol–water partition coefficient (Wildman–Crippen LogP) is 2.14. The Kier molecular flexibility index (Phi) is 1.51. The van der Waals surface area contributed by atoms with Crippen LogP contribution in [0.5, 0.6) is 0 Å². The van der Waals surface area contributed by atoms with Gasteiger partial charge in [-0.1, -0.05) is 26.7 Å². The molecule has 2 nitrogen and oxygen atoms in total. The molecule has 0 unspecified atom stereocenters. The third kappa shape index (κ3) is 1.13. The van der Waals surface area contributed by atoms with E-state index in [0.717, 1.165) is 12.3 Å². The van der Waals surface area contributed by atoms with E-state index >= 15 is 0 Å². The molecule has 2 aliphatic carbocycles. The minimum absolute atomic E-state index is 0.0573. The summed E-state index contributed by atoms with van der Waals surface area (Å²) in [6.45, 7) is 4.16. The van der Waals surface area contributed by atoms with Crippen LogP contribution in [0.15, 0.2) is 0 Å². The van der Waals surface area contributed by atoms with Crippen LogP contribution in [0.25, 0.3) is 0 Å². The van der Waals surface area contributed by atoms with Crippen molar-refractivity contribution in [2.24, 2.45) is 23.2 Å². The molecular formula is C10H16O2. The molecule has 12 heavy (non-hydrogen) atoms. The van der Waals surface area contributed by atoms with Gasteiger partial charge in [-0.15, -0.1) is 0 Å². The lowest BCUT2D eigenvalue weighted by molar-refractivity contribution is -0.139. The van der Waals surface area contributed by atoms with E-state index in [1.165, 1.54) is 12.8 Å². The highest BCUT2D eigenvalue weighted by atomic mass is 16.4. The third-order valence-corrected chi connectivity index (χ3v) is 3.60. The van der Waals surface area contributed by atoms with Gasteiger partial charge < -0.3 is 5.11 Å². The van der Waals surface area contributed by atoms with Gasteiger partial charge in [0, 0.05) is 0 Å². The van der Waals surface area contributed by atoms with Crippen LogP contribution in [0, 0.1) is 23.2 Å². The molecule has 2 rings (SSSR count). The molecule has 0 spiro atoms. The van der Waals surface area contributed by atoms with Gasteiger partial charge in [0.15, 0.2) is 0 Å². The SMILES string of the molecule is CC1(C)[C@@H](CC2CC2)[C@@H]1C(=O)O. The topological polar surface area (TPSA) is 37.3 Å². The summed E-state index contributed by atoms with van der Waals surface area (Å²) in [5, 5.41) is 8.89. The van der Waals surface area contributed by atoms with Crippen LogP contribution in [0.4, 0.5) is 0 Å². The second kappa shape index (κ2) is 2.24. The van der Waals surface area contributed by atoms with Crippen LogP contribution < -0.4 is 0 Å². The van der Waals surface area contributed by atoms with Crippen molar-refractivity contribution in [3.63, 3.8) is 0 Å². The summed E-state index contributed by atoms with van der Waals surface area (Å²) < 4.78 is 0. The van der Waals surface area contributed by atoms with Gasteiger partial charge in [-0.25, -0.2) is 0 Å². The van der Waals surface area contributed by atoms with Crippen molar-refractivity contribution in [2.75, 3.05) is 0 Å². The number of carboxylic acids is 1. The van der Waals surface area contributed by atoms with Gasteiger partial charge in [0.2, 0.25) is 0 Å². The predicted molar refractivity (Wildman–Crippen MR) is 45.7 cm³/mol. The van der Waals surface area contributed by atoms with Gasteiger partial charge >= 0.3 is 5.97 Å². The van der Waals surface area contributed by atoms with E-state index in [1.54, 1.807) is 0 Å². The van der Waals surface area contributed by atoms with Crippen LogP contribution >= 0.6 is 0 Å². The minimum Gasteiger partial charge on any atom is -0.481 e. The summed E-state index contributed by atoms with van der Waals surface area (Å²) in [7, 11) is 0. The first-order chi connectivity index (χ1) is 5.53. The van der Waals surface area contributed by atoms with E-state index in [0.29, 0.717) is 5.92 Å². The number of rotatable bonds is 3. The second-order valence-corrected chi connectivity index (χ2v) is 4.92. The Morgan fingerprint density at radius 2 is 2.08 bits per heavy atom. The number of hydrogen-bond donors (Lipinski definition) is 1. The van der Waals surface area contributed by atoms with E-state index in [1.807, 2.05) is 0 Å². The van der Waals surface area contributed by atoms with Crippen LogP contribution in [0.2, 0.25) is 0 Å². The first-order valence-electron chi connectivity index (χ1n) is 4.76. The average molecular weight is 168 g/mol. The van der Waals surface area contributed by atoms with E-state index in [-0.39, 0.29) is 11.3 Å². The lowest BCUT2D eigenvalue weighted by atomic mass is 10.1. The Morgan fingerprint density at radius 1 is 1.50 bits per heavy atom. The zero-order valence-corrected chi connectivity index (χ0v) is 7.71. The molecule has 0 aromatic rings. The third-order valence-electron chi connectivity index (χ3n) is 3.60. The maximum absolute atomic E-state index is 10.8. The fourth-order valence-electron chi connectivity index (χ4n) is 2.39. The van der Waals surface area contributed by atoms with Crippen molar-refractivity contribution in [1.82, 2.24) is 0 Å². The van der Waals surface area contributed by atoms with Crippen molar-refractivity contribution in [2.45, 2.75) is 33.1 Å². The number of carbonyl (C=O) groups is 1. The summed E-state index contributed by atoms with van der Waals surface area (Å²) in [6, 6.07) is 0. The summed E-state index contributed by atoms with van der Waals surface area (Å²) in [5.74, 6) is 0.671. The minimum atomic E-state index is -0.592. The molecule has 1 N–H and O–H groups in total. The average Bonchev–Trinajstić information content (AvgIpc) is 2.75. The van der Waals surface area contributed by atoms with Crippen molar-refractivity contribution in [3.8, 4) is 0 Å². The zero-order chi connectivity index (χ0) is 8.93. The molecule has 0 aliphatic heterocycles. The van der Waals surface area contributed by atoms with E-state index in [9.17, 15) is 4.79 Å².